The Kier molecular flexibility index (Phi) is 5.67. The SMILES string of the molecule is C=C(C)[C@@H](c1ccccc1)[C@H](C(=O)N1CCOCC1)c1ccccc1. The molecule has 25 heavy (non-hydrogen) atoms. The summed E-state index contributed by atoms with van der Waals surface area (Å²) in [6.07, 6.45) is 0. The molecule has 2 aromatic carbocycles. The second-order valence-corrected chi connectivity index (χ2v) is 6.56. The monoisotopic (exact) mass is 335 g/mol. The lowest BCUT2D eigenvalue weighted by Crippen LogP contribution is -2.44. The van der Waals surface area contributed by atoms with Gasteiger partial charge in [-0.05, 0) is 18.1 Å². The highest BCUT2D eigenvalue weighted by Gasteiger charge is 2.35. The molecule has 3 rings (SSSR count). The maximum atomic E-state index is 13.4. The molecule has 1 heterocycles. The number of carbonyl (C=O) groups excluding carboxylic acids is 1. The van der Waals surface area contributed by atoms with Crippen molar-refractivity contribution in [1.29, 1.82) is 0 Å². The molecule has 1 saturated heterocycles. The van der Waals surface area contributed by atoms with Crippen molar-refractivity contribution in [1.82, 2.24) is 4.90 Å². The average Bonchev–Trinajstić information content (AvgIpc) is 2.67. The van der Waals surface area contributed by atoms with Gasteiger partial charge in [0.2, 0.25) is 5.91 Å². The number of rotatable bonds is 5. The lowest BCUT2D eigenvalue weighted by atomic mass is 9.77. The fourth-order valence-corrected chi connectivity index (χ4v) is 3.54. The van der Waals surface area contributed by atoms with Crippen LogP contribution in [0.15, 0.2) is 72.8 Å². The van der Waals surface area contributed by atoms with Gasteiger partial charge in [0.15, 0.2) is 0 Å². The van der Waals surface area contributed by atoms with E-state index in [1.807, 2.05) is 60.4 Å². The molecule has 0 unspecified atom stereocenters. The molecule has 0 radical (unpaired) electrons. The summed E-state index contributed by atoms with van der Waals surface area (Å²) in [7, 11) is 0. The topological polar surface area (TPSA) is 29.5 Å². The molecule has 0 saturated carbocycles. The van der Waals surface area contributed by atoms with Crippen molar-refractivity contribution in [3.05, 3.63) is 83.9 Å². The maximum absolute atomic E-state index is 13.4. The molecule has 3 heteroatoms. The van der Waals surface area contributed by atoms with Crippen molar-refractivity contribution < 1.29 is 9.53 Å². The van der Waals surface area contributed by atoms with Crippen molar-refractivity contribution in [3.63, 3.8) is 0 Å². The number of amides is 1. The van der Waals surface area contributed by atoms with Gasteiger partial charge in [0.25, 0.3) is 0 Å². The Hall–Kier alpha value is -2.39. The van der Waals surface area contributed by atoms with Crippen molar-refractivity contribution in [3.8, 4) is 0 Å². The fraction of sp³-hybridized carbons (Fsp3) is 0.318. The van der Waals surface area contributed by atoms with E-state index in [1.54, 1.807) is 0 Å². The first-order valence-electron chi connectivity index (χ1n) is 8.80. The lowest BCUT2D eigenvalue weighted by molar-refractivity contribution is -0.137. The van der Waals surface area contributed by atoms with Gasteiger partial charge in [-0.2, -0.15) is 0 Å². The van der Waals surface area contributed by atoms with Crippen LogP contribution in [-0.4, -0.2) is 37.1 Å². The molecule has 2 atom stereocenters. The van der Waals surface area contributed by atoms with Gasteiger partial charge in [0, 0.05) is 19.0 Å². The molecule has 0 N–H and O–H groups in total. The third-order valence-corrected chi connectivity index (χ3v) is 4.77. The van der Waals surface area contributed by atoms with E-state index in [-0.39, 0.29) is 17.7 Å². The van der Waals surface area contributed by atoms with Gasteiger partial charge in [0.05, 0.1) is 19.1 Å². The number of ether oxygens (including phenoxy) is 1. The molecule has 130 valence electrons. The summed E-state index contributed by atoms with van der Waals surface area (Å²) in [5.41, 5.74) is 3.17. The van der Waals surface area contributed by atoms with E-state index >= 15 is 0 Å². The van der Waals surface area contributed by atoms with Crippen molar-refractivity contribution >= 4 is 5.91 Å². The third-order valence-electron chi connectivity index (χ3n) is 4.77. The Bertz CT molecular complexity index is 705. The minimum absolute atomic E-state index is 0.0426. The molecule has 3 nitrogen and oxygen atoms in total. The molecular formula is C22H25NO2. The van der Waals surface area contributed by atoms with Crippen LogP contribution in [0, 0.1) is 0 Å². The Labute approximate surface area is 149 Å². The van der Waals surface area contributed by atoms with Crippen LogP contribution >= 0.6 is 0 Å². The van der Waals surface area contributed by atoms with Gasteiger partial charge in [-0.25, -0.2) is 0 Å². The summed E-state index contributed by atoms with van der Waals surface area (Å²) in [5.74, 6) is -0.149. The zero-order chi connectivity index (χ0) is 17.6. The van der Waals surface area contributed by atoms with Crippen LogP contribution in [0.2, 0.25) is 0 Å². The summed E-state index contributed by atoms with van der Waals surface area (Å²) in [6.45, 7) is 8.74. The summed E-state index contributed by atoms with van der Waals surface area (Å²) < 4.78 is 5.42. The van der Waals surface area contributed by atoms with Gasteiger partial charge in [0.1, 0.15) is 0 Å². The van der Waals surface area contributed by atoms with E-state index in [1.165, 1.54) is 0 Å². The van der Waals surface area contributed by atoms with Crippen LogP contribution in [0.25, 0.3) is 0 Å². The van der Waals surface area contributed by atoms with Crippen LogP contribution in [0.1, 0.15) is 29.9 Å². The minimum Gasteiger partial charge on any atom is -0.378 e. The second-order valence-electron chi connectivity index (χ2n) is 6.56. The minimum atomic E-state index is -0.265. The van der Waals surface area contributed by atoms with Crippen LogP contribution in [0.5, 0.6) is 0 Å². The largest absolute Gasteiger partial charge is 0.378 e. The Morgan fingerprint density at radius 3 is 1.88 bits per heavy atom. The van der Waals surface area contributed by atoms with Crippen LogP contribution in [0.4, 0.5) is 0 Å². The van der Waals surface area contributed by atoms with Gasteiger partial charge in [-0.1, -0.05) is 72.8 Å². The molecule has 0 aliphatic carbocycles. The van der Waals surface area contributed by atoms with Crippen molar-refractivity contribution in [2.24, 2.45) is 0 Å². The first-order chi connectivity index (χ1) is 12.2. The Balaban J connectivity index is 2.03. The highest BCUT2D eigenvalue weighted by atomic mass is 16.5. The predicted octanol–water partition coefficient (Wildman–Crippen LogP) is 3.99. The number of hydrogen-bond acceptors (Lipinski definition) is 2. The first kappa shape index (κ1) is 17.4. The van der Waals surface area contributed by atoms with Crippen molar-refractivity contribution in [2.75, 3.05) is 26.3 Å². The molecule has 1 aliphatic rings. The van der Waals surface area contributed by atoms with Crippen molar-refractivity contribution in [2.45, 2.75) is 18.8 Å². The zero-order valence-electron chi connectivity index (χ0n) is 14.7. The summed E-state index contributed by atoms with van der Waals surface area (Å²) in [6, 6.07) is 20.3. The van der Waals surface area contributed by atoms with E-state index in [4.69, 9.17) is 4.74 Å². The molecule has 0 aromatic heterocycles. The molecule has 0 bridgehead atoms. The van der Waals surface area contributed by atoms with E-state index in [2.05, 4.69) is 18.7 Å². The van der Waals surface area contributed by atoms with Crippen LogP contribution in [0.3, 0.4) is 0 Å². The highest BCUT2D eigenvalue weighted by Crippen LogP contribution is 2.39. The number of hydrogen-bond donors (Lipinski definition) is 0. The average molecular weight is 335 g/mol. The molecule has 0 spiro atoms. The lowest BCUT2D eigenvalue weighted by Gasteiger charge is -2.34. The summed E-state index contributed by atoms with van der Waals surface area (Å²) >= 11 is 0. The molecule has 1 aliphatic heterocycles. The van der Waals surface area contributed by atoms with Gasteiger partial charge >= 0.3 is 0 Å². The number of allylic oxidation sites excluding steroid dienone is 1. The molecular weight excluding hydrogens is 310 g/mol. The van der Waals surface area contributed by atoms with Gasteiger partial charge in [-0.3, -0.25) is 4.79 Å². The van der Waals surface area contributed by atoms with Crippen LogP contribution in [-0.2, 0) is 9.53 Å². The number of morpholine rings is 1. The van der Waals surface area contributed by atoms with E-state index in [0.717, 1.165) is 16.7 Å². The van der Waals surface area contributed by atoms with Gasteiger partial charge < -0.3 is 9.64 Å². The smallest absolute Gasteiger partial charge is 0.231 e. The highest BCUT2D eigenvalue weighted by molar-refractivity contribution is 5.85. The fourth-order valence-electron chi connectivity index (χ4n) is 3.54. The summed E-state index contributed by atoms with van der Waals surface area (Å²) in [5, 5.41) is 0. The Morgan fingerprint density at radius 1 is 0.920 bits per heavy atom. The molecule has 2 aromatic rings. The molecule has 1 amide bonds. The quantitative estimate of drug-likeness (QED) is 0.773. The normalized spacial score (nSPS) is 16.9. The Morgan fingerprint density at radius 2 is 1.40 bits per heavy atom. The maximum Gasteiger partial charge on any atom is 0.231 e. The second kappa shape index (κ2) is 8.13. The predicted molar refractivity (Wildman–Crippen MR) is 101 cm³/mol. The third kappa shape index (κ3) is 3.99. The number of carbonyl (C=O) groups is 1. The van der Waals surface area contributed by atoms with Crippen LogP contribution < -0.4 is 0 Å². The number of benzene rings is 2. The summed E-state index contributed by atoms with van der Waals surface area (Å²) in [4.78, 5) is 15.4. The first-order valence-corrected chi connectivity index (χ1v) is 8.80. The standard InChI is InChI=1S/C22H25NO2/c1-17(2)20(18-9-5-3-6-10-18)21(19-11-7-4-8-12-19)22(24)23-13-15-25-16-14-23/h3-12,20-21H,1,13-16H2,2H3/t20-,21+/m0/s1. The van der Waals surface area contributed by atoms with Gasteiger partial charge in [-0.15, -0.1) is 0 Å². The molecule has 1 fully saturated rings. The van der Waals surface area contributed by atoms with E-state index < -0.39 is 0 Å². The zero-order valence-corrected chi connectivity index (χ0v) is 14.7. The van der Waals surface area contributed by atoms with E-state index in [0.29, 0.717) is 26.3 Å². The van der Waals surface area contributed by atoms with E-state index in [9.17, 15) is 4.79 Å². The number of nitrogens with zero attached hydrogens (tertiary/aromatic N) is 1.